The lowest BCUT2D eigenvalue weighted by Gasteiger charge is -2.32. The van der Waals surface area contributed by atoms with E-state index in [9.17, 15) is 13.2 Å². The molecule has 11 heteroatoms. The molecule has 32 heavy (non-hydrogen) atoms. The Morgan fingerprint density at radius 2 is 1.88 bits per heavy atom. The number of hydrogen-bond acceptors (Lipinski definition) is 6. The van der Waals surface area contributed by atoms with Crippen LogP contribution in [0.5, 0.6) is 5.75 Å². The summed E-state index contributed by atoms with van der Waals surface area (Å²) in [5, 5.41) is 15.7. The number of hydrogen-bond donors (Lipinski definition) is 1. The SMILES string of the molecule is COc1ccc(CN2Cc3nnn(C)c3C(COCC3CC3)C2)cc1.O=C(O)C(F)(F)F. The minimum atomic E-state index is -5.08. The number of carbonyl (C=O) groups is 1. The van der Waals surface area contributed by atoms with E-state index in [0.29, 0.717) is 5.92 Å². The molecule has 1 aromatic carbocycles. The molecule has 0 radical (unpaired) electrons. The number of aromatic nitrogens is 3. The maximum absolute atomic E-state index is 10.6. The van der Waals surface area contributed by atoms with Gasteiger partial charge in [0.2, 0.25) is 0 Å². The number of aliphatic carboxylic acids is 1. The number of rotatable bonds is 7. The molecule has 176 valence electrons. The third kappa shape index (κ3) is 6.67. The second-order valence-corrected chi connectivity index (χ2v) is 8.04. The fourth-order valence-electron chi connectivity index (χ4n) is 3.60. The lowest BCUT2D eigenvalue weighted by Crippen LogP contribution is -2.36. The van der Waals surface area contributed by atoms with E-state index in [1.165, 1.54) is 24.1 Å². The van der Waals surface area contributed by atoms with Crippen LogP contribution in [0.4, 0.5) is 13.2 Å². The average molecular weight is 456 g/mol. The highest BCUT2D eigenvalue weighted by atomic mass is 19.4. The van der Waals surface area contributed by atoms with Gasteiger partial charge in [0.05, 0.1) is 19.4 Å². The minimum absolute atomic E-state index is 0.334. The Bertz CT molecular complexity index is 897. The van der Waals surface area contributed by atoms with E-state index >= 15 is 0 Å². The van der Waals surface area contributed by atoms with Crippen molar-refractivity contribution >= 4 is 5.97 Å². The van der Waals surface area contributed by atoms with E-state index in [-0.39, 0.29) is 0 Å². The zero-order chi connectivity index (χ0) is 23.3. The maximum atomic E-state index is 10.6. The zero-order valence-corrected chi connectivity index (χ0v) is 18.0. The van der Waals surface area contributed by atoms with Gasteiger partial charge in [-0.05, 0) is 36.5 Å². The van der Waals surface area contributed by atoms with Crippen molar-refractivity contribution in [2.75, 3.05) is 26.9 Å². The Morgan fingerprint density at radius 3 is 2.44 bits per heavy atom. The lowest BCUT2D eigenvalue weighted by molar-refractivity contribution is -0.192. The lowest BCUT2D eigenvalue weighted by atomic mass is 9.98. The van der Waals surface area contributed by atoms with Gasteiger partial charge in [0.25, 0.3) is 0 Å². The number of ether oxygens (including phenoxy) is 2. The van der Waals surface area contributed by atoms with Gasteiger partial charge in [-0.3, -0.25) is 9.58 Å². The molecule has 2 heterocycles. The van der Waals surface area contributed by atoms with Crippen LogP contribution in [-0.2, 0) is 29.7 Å². The number of aryl methyl sites for hydroxylation is 1. The number of fused-ring (bicyclic) bond motifs is 1. The molecule has 2 aromatic rings. The standard InChI is InChI=1S/C19H26N4O2.C2HF3O2/c1-22-19-16(13-25-12-15-3-4-15)10-23(11-18(19)20-21-22)9-14-5-7-17(24-2)8-6-14;3-2(4,5)1(6)7/h5-8,15-16H,3-4,9-13H2,1-2H3;(H,6,7). The first-order chi connectivity index (χ1) is 15.2. The van der Waals surface area contributed by atoms with Crippen LogP contribution in [0, 0.1) is 5.92 Å². The molecule has 1 atom stereocenters. The molecule has 1 aliphatic heterocycles. The molecule has 0 amide bonds. The Morgan fingerprint density at radius 1 is 1.22 bits per heavy atom. The topological polar surface area (TPSA) is 89.7 Å². The van der Waals surface area contributed by atoms with Gasteiger partial charge in [-0.15, -0.1) is 5.10 Å². The largest absolute Gasteiger partial charge is 0.497 e. The third-order valence-electron chi connectivity index (χ3n) is 5.36. The van der Waals surface area contributed by atoms with E-state index in [1.807, 2.05) is 23.9 Å². The molecule has 2 aliphatic rings. The van der Waals surface area contributed by atoms with Crippen LogP contribution in [0.3, 0.4) is 0 Å². The second-order valence-electron chi connectivity index (χ2n) is 8.04. The van der Waals surface area contributed by atoms with Gasteiger partial charge in [0, 0.05) is 39.2 Å². The first kappa shape index (κ1) is 24.0. The average Bonchev–Trinajstić information content (AvgIpc) is 3.49. The van der Waals surface area contributed by atoms with Gasteiger partial charge in [-0.2, -0.15) is 13.2 Å². The molecule has 1 aromatic heterocycles. The normalized spacial score (nSPS) is 18.5. The molecule has 8 nitrogen and oxygen atoms in total. The first-order valence-electron chi connectivity index (χ1n) is 10.3. The van der Waals surface area contributed by atoms with Gasteiger partial charge in [-0.25, -0.2) is 4.79 Å². The quantitative estimate of drug-likeness (QED) is 0.685. The van der Waals surface area contributed by atoms with Crippen LogP contribution in [0.25, 0.3) is 0 Å². The van der Waals surface area contributed by atoms with Crippen molar-refractivity contribution in [1.29, 1.82) is 0 Å². The smallest absolute Gasteiger partial charge is 0.490 e. The number of carboxylic acid groups (broad SMARTS) is 1. The molecule has 0 saturated heterocycles. The summed E-state index contributed by atoms with van der Waals surface area (Å²) >= 11 is 0. The second kappa shape index (κ2) is 10.3. The number of carboxylic acids is 1. The van der Waals surface area contributed by atoms with E-state index in [0.717, 1.165) is 50.2 Å². The summed E-state index contributed by atoms with van der Waals surface area (Å²) in [4.78, 5) is 11.3. The van der Waals surface area contributed by atoms with Gasteiger partial charge < -0.3 is 14.6 Å². The predicted molar refractivity (Wildman–Crippen MR) is 108 cm³/mol. The molecule has 0 bridgehead atoms. The Hall–Kier alpha value is -2.66. The summed E-state index contributed by atoms with van der Waals surface area (Å²) < 4.78 is 44.9. The maximum Gasteiger partial charge on any atom is 0.490 e. The molecule has 1 unspecified atom stereocenters. The summed E-state index contributed by atoms with van der Waals surface area (Å²) in [6, 6.07) is 8.29. The van der Waals surface area contributed by atoms with Crippen molar-refractivity contribution in [1.82, 2.24) is 19.9 Å². The summed E-state index contributed by atoms with van der Waals surface area (Å²) in [5.74, 6) is -0.735. The van der Waals surface area contributed by atoms with Crippen LogP contribution in [0.15, 0.2) is 24.3 Å². The Kier molecular flexibility index (Phi) is 7.73. The Labute approximate surface area is 183 Å². The van der Waals surface area contributed by atoms with Crippen LogP contribution < -0.4 is 4.74 Å². The summed E-state index contributed by atoms with van der Waals surface area (Å²) in [6.07, 6.45) is -2.43. The van der Waals surface area contributed by atoms with Gasteiger partial charge in [-0.1, -0.05) is 17.3 Å². The van der Waals surface area contributed by atoms with Crippen molar-refractivity contribution in [3.63, 3.8) is 0 Å². The molecular weight excluding hydrogens is 429 g/mol. The molecule has 4 rings (SSSR count). The van der Waals surface area contributed by atoms with Crippen molar-refractivity contribution in [2.24, 2.45) is 13.0 Å². The number of methoxy groups -OCH3 is 1. The highest BCUT2D eigenvalue weighted by Gasteiger charge is 2.38. The molecule has 1 N–H and O–H groups in total. The zero-order valence-electron chi connectivity index (χ0n) is 18.0. The van der Waals surface area contributed by atoms with Crippen LogP contribution in [0.1, 0.15) is 35.7 Å². The summed E-state index contributed by atoms with van der Waals surface area (Å²) in [6.45, 7) is 4.37. The molecule has 1 saturated carbocycles. The monoisotopic (exact) mass is 456 g/mol. The fraction of sp³-hybridized carbons (Fsp3) is 0.571. The first-order valence-corrected chi connectivity index (χ1v) is 10.3. The number of benzene rings is 1. The number of alkyl halides is 3. The summed E-state index contributed by atoms with van der Waals surface area (Å²) in [5.41, 5.74) is 3.61. The van der Waals surface area contributed by atoms with E-state index < -0.39 is 12.1 Å². The molecule has 1 aliphatic carbocycles. The fourth-order valence-corrected chi connectivity index (χ4v) is 3.60. The molecule has 0 spiro atoms. The van der Waals surface area contributed by atoms with Crippen LogP contribution in [-0.4, -0.2) is 64.0 Å². The van der Waals surface area contributed by atoms with Crippen molar-refractivity contribution in [3.8, 4) is 5.75 Å². The number of halogens is 3. The highest BCUT2D eigenvalue weighted by Crippen LogP contribution is 2.31. The van der Waals surface area contributed by atoms with E-state index in [4.69, 9.17) is 19.4 Å². The van der Waals surface area contributed by atoms with Gasteiger partial charge >= 0.3 is 12.1 Å². The van der Waals surface area contributed by atoms with Crippen LogP contribution >= 0.6 is 0 Å². The molecular formula is C21H27F3N4O4. The molecule has 1 fully saturated rings. The predicted octanol–water partition coefficient (Wildman–Crippen LogP) is 2.98. The van der Waals surface area contributed by atoms with Crippen molar-refractivity contribution in [2.45, 2.75) is 38.0 Å². The van der Waals surface area contributed by atoms with Gasteiger partial charge in [0.15, 0.2) is 0 Å². The number of nitrogens with zero attached hydrogens (tertiary/aromatic N) is 4. The van der Waals surface area contributed by atoms with E-state index in [1.54, 1.807) is 7.11 Å². The van der Waals surface area contributed by atoms with Crippen molar-refractivity contribution < 1.29 is 32.5 Å². The third-order valence-corrected chi connectivity index (χ3v) is 5.36. The van der Waals surface area contributed by atoms with Crippen molar-refractivity contribution in [3.05, 3.63) is 41.2 Å². The summed E-state index contributed by atoms with van der Waals surface area (Å²) in [7, 11) is 3.68. The van der Waals surface area contributed by atoms with Gasteiger partial charge in [0.1, 0.15) is 11.4 Å². The van der Waals surface area contributed by atoms with Crippen LogP contribution in [0.2, 0.25) is 0 Å². The highest BCUT2D eigenvalue weighted by molar-refractivity contribution is 5.73. The van der Waals surface area contributed by atoms with E-state index in [2.05, 4.69) is 27.3 Å². The minimum Gasteiger partial charge on any atom is -0.497 e. The Balaban J connectivity index is 0.000000360.